The van der Waals surface area contributed by atoms with Crippen molar-refractivity contribution in [3.63, 3.8) is 0 Å². The zero-order valence-electron chi connectivity index (χ0n) is 12.4. The van der Waals surface area contributed by atoms with Gasteiger partial charge in [-0.05, 0) is 51.2 Å². The number of nitrogens with one attached hydrogen (secondary N) is 1. The van der Waals surface area contributed by atoms with Gasteiger partial charge in [-0.2, -0.15) is 5.10 Å². The SMILES string of the molecule is CC(C)(C)c1cc(Br)c(O)c(C=NNc2ccccc2)c1. The summed E-state index contributed by atoms with van der Waals surface area (Å²) in [5, 5.41) is 14.3. The molecular weight excluding hydrogens is 328 g/mol. The molecular formula is C17H19BrN2O. The summed E-state index contributed by atoms with van der Waals surface area (Å²) in [5.41, 5.74) is 5.66. The van der Waals surface area contributed by atoms with E-state index in [1.54, 1.807) is 6.21 Å². The van der Waals surface area contributed by atoms with Gasteiger partial charge in [-0.3, -0.25) is 5.43 Å². The lowest BCUT2D eigenvalue weighted by Gasteiger charge is -2.20. The maximum atomic E-state index is 10.1. The number of para-hydroxylation sites is 1. The summed E-state index contributed by atoms with van der Waals surface area (Å²) in [6.07, 6.45) is 1.63. The number of nitrogens with zero attached hydrogens (tertiary/aromatic N) is 1. The Morgan fingerprint density at radius 3 is 2.43 bits per heavy atom. The van der Waals surface area contributed by atoms with E-state index in [1.807, 2.05) is 42.5 Å². The highest BCUT2D eigenvalue weighted by molar-refractivity contribution is 9.10. The maximum absolute atomic E-state index is 10.1. The largest absolute Gasteiger partial charge is 0.506 e. The fourth-order valence-electron chi connectivity index (χ4n) is 1.84. The zero-order chi connectivity index (χ0) is 15.5. The molecule has 0 bridgehead atoms. The highest BCUT2D eigenvalue weighted by atomic mass is 79.9. The van der Waals surface area contributed by atoms with Gasteiger partial charge in [0.2, 0.25) is 0 Å². The number of rotatable bonds is 3. The van der Waals surface area contributed by atoms with Crippen LogP contribution in [0.1, 0.15) is 31.9 Å². The first-order chi connectivity index (χ1) is 9.88. The number of phenols is 1. The molecule has 0 saturated heterocycles. The Kier molecular flexibility index (Phi) is 4.68. The first kappa shape index (κ1) is 15.6. The number of hydrogen-bond acceptors (Lipinski definition) is 3. The molecule has 0 radical (unpaired) electrons. The summed E-state index contributed by atoms with van der Waals surface area (Å²) in [7, 11) is 0. The summed E-state index contributed by atoms with van der Waals surface area (Å²) >= 11 is 3.39. The highest BCUT2D eigenvalue weighted by Gasteiger charge is 2.17. The van der Waals surface area contributed by atoms with E-state index in [0.29, 0.717) is 10.0 Å². The third-order valence-electron chi connectivity index (χ3n) is 3.13. The Hall–Kier alpha value is -1.81. The lowest BCUT2D eigenvalue weighted by Crippen LogP contribution is -2.11. The van der Waals surface area contributed by atoms with Gasteiger partial charge >= 0.3 is 0 Å². The van der Waals surface area contributed by atoms with Gasteiger partial charge < -0.3 is 5.11 Å². The second kappa shape index (κ2) is 6.31. The molecule has 0 aliphatic heterocycles. The Balaban J connectivity index is 2.25. The Morgan fingerprint density at radius 2 is 1.81 bits per heavy atom. The number of hydrazone groups is 1. The van der Waals surface area contributed by atoms with Gasteiger partial charge in [-0.25, -0.2) is 0 Å². The van der Waals surface area contributed by atoms with Crippen LogP contribution in [0.3, 0.4) is 0 Å². The molecule has 0 heterocycles. The van der Waals surface area contributed by atoms with Crippen molar-refractivity contribution in [3.05, 3.63) is 58.1 Å². The molecule has 110 valence electrons. The number of benzene rings is 2. The molecule has 21 heavy (non-hydrogen) atoms. The van der Waals surface area contributed by atoms with Gasteiger partial charge in [0.05, 0.1) is 16.4 Å². The normalized spacial score (nSPS) is 11.8. The third kappa shape index (κ3) is 4.08. The van der Waals surface area contributed by atoms with Crippen LogP contribution in [0.15, 0.2) is 52.0 Å². The third-order valence-corrected chi connectivity index (χ3v) is 3.73. The monoisotopic (exact) mass is 346 g/mol. The first-order valence-electron chi connectivity index (χ1n) is 6.75. The molecule has 4 heteroatoms. The molecule has 3 nitrogen and oxygen atoms in total. The fourth-order valence-corrected chi connectivity index (χ4v) is 2.32. The van der Waals surface area contributed by atoms with Crippen LogP contribution in [-0.4, -0.2) is 11.3 Å². The minimum absolute atomic E-state index is 0.00562. The van der Waals surface area contributed by atoms with Crippen LogP contribution in [0.25, 0.3) is 0 Å². The molecule has 0 atom stereocenters. The molecule has 0 saturated carbocycles. The molecule has 2 rings (SSSR count). The van der Waals surface area contributed by atoms with E-state index in [4.69, 9.17) is 0 Å². The van der Waals surface area contributed by atoms with E-state index in [9.17, 15) is 5.11 Å². The van der Waals surface area contributed by atoms with Crippen molar-refractivity contribution < 1.29 is 5.11 Å². The zero-order valence-corrected chi connectivity index (χ0v) is 14.0. The van der Waals surface area contributed by atoms with Gasteiger partial charge in [-0.15, -0.1) is 0 Å². The fraction of sp³-hybridized carbons (Fsp3) is 0.235. The van der Waals surface area contributed by atoms with Crippen molar-refractivity contribution in [2.45, 2.75) is 26.2 Å². The standard InChI is InChI=1S/C17H19BrN2O/c1-17(2,3)13-9-12(16(21)15(18)10-13)11-19-20-14-7-5-4-6-8-14/h4-11,20-21H,1-3H3. The molecule has 0 aliphatic carbocycles. The Labute approximate surface area is 133 Å². The molecule has 2 aromatic rings. The van der Waals surface area contributed by atoms with Crippen LogP contribution in [-0.2, 0) is 5.41 Å². The Bertz CT molecular complexity index is 646. The predicted octanol–water partition coefficient (Wildman–Crippen LogP) is 4.90. The van der Waals surface area contributed by atoms with E-state index in [0.717, 1.165) is 11.3 Å². The van der Waals surface area contributed by atoms with Crippen molar-refractivity contribution in [3.8, 4) is 5.75 Å². The lowest BCUT2D eigenvalue weighted by atomic mass is 9.86. The first-order valence-corrected chi connectivity index (χ1v) is 7.54. The summed E-state index contributed by atoms with van der Waals surface area (Å²) in [4.78, 5) is 0. The van der Waals surface area contributed by atoms with Crippen molar-refractivity contribution in [1.82, 2.24) is 0 Å². The molecule has 0 amide bonds. The molecule has 2 aromatic carbocycles. The molecule has 0 unspecified atom stereocenters. The van der Waals surface area contributed by atoms with E-state index in [1.165, 1.54) is 0 Å². The summed E-state index contributed by atoms with van der Waals surface area (Å²) < 4.78 is 0.677. The van der Waals surface area contributed by atoms with E-state index in [-0.39, 0.29) is 11.2 Å². The van der Waals surface area contributed by atoms with Crippen LogP contribution in [0.5, 0.6) is 5.75 Å². The van der Waals surface area contributed by atoms with Gasteiger partial charge in [0.1, 0.15) is 5.75 Å². The number of anilines is 1. The Morgan fingerprint density at radius 1 is 1.14 bits per heavy atom. The van der Waals surface area contributed by atoms with E-state index in [2.05, 4.69) is 47.2 Å². The van der Waals surface area contributed by atoms with E-state index >= 15 is 0 Å². The number of hydrogen-bond donors (Lipinski definition) is 2. The van der Waals surface area contributed by atoms with Crippen LogP contribution in [0.2, 0.25) is 0 Å². The second-order valence-electron chi connectivity index (χ2n) is 5.88. The predicted molar refractivity (Wildman–Crippen MR) is 92.2 cm³/mol. The van der Waals surface area contributed by atoms with Crippen molar-refractivity contribution >= 4 is 27.8 Å². The van der Waals surface area contributed by atoms with Crippen LogP contribution < -0.4 is 5.43 Å². The highest BCUT2D eigenvalue weighted by Crippen LogP contribution is 2.33. The molecule has 0 spiro atoms. The lowest BCUT2D eigenvalue weighted by molar-refractivity contribution is 0.469. The van der Waals surface area contributed by atoms with Crippen molar-refractivity contribution in [2.24, 2.45) is 5.10 Å². The van der Waals surface area contributed by atoms with Gasteiger partial charge in [0, 0.05) is 5.56 Å². The molecule has 0 aliphatic rings. The average molecular weight is 347 g/mol. The van der Waals surface area contributed by atoms with Crippen LogP contribution in [0, 0.1) is 0 Å². The van der Waals surface area contributed by atoms with Gasteiger partial charge in [0.15, 0.2) is 0 Å². The smallest absolute Gasteiger partial charge is 0.138 e. The van der Waals surface area contributed by atoms with Crippen molar-refractivity contribution in [2.75, 3.05) is 5.43 Å². The summed E-state index contributed by atoms with van der Waals surface area (Å²) in [5.74, 6) is 0.196. The van der Waals surface area contributed by atoms with E-state index < -0.39 is 0 Å². The topological polar surface area (TPSA) is 44.6 Å². The minimum atomic E-state index is 0.00562. The number of phenolic OH excluding ortho intramolecular Hbond substituents is 1. The number of aromatic hydroxyl groups is 1. The minimum Gasteiger partial charge on any atom is -0.506 e. The molecule has 2 N–H and O–H groups in total. The van der Waals surface area contributed by atoms with Gasteiger partial charge in [-0.1, -0.05) is 39.0 Å². The van der Waals surface area contributed by atoms with Crippen molar-refractivity contribution in [1.29, 1.82) is 0 Å². The maximum Gasteiger partial charge on any atom is 0.138 e. The number of halogens is 1. The molecule has 0 fully saturated rings. The summed E-state index contributed by atoms with van der Waals surface area (Å²) in [6, 6.07) is 13.6. The van der Waals surface area contributed by atoms with Crippen LogP contribution in [0.4, 0.5) is 5.69 Å². The van der Waals surface area contributed by atoms with Crippen LogP contribution >= 0.6 is 15.9 Å². The summed E-state index contributed by atoms with van der Waals surface area (Å²) in [6.45, 7) is 6.40. The second-order valence-corrected chi connectivity index (χ2v) is 6.74. The average Bonchev–Trinajstić information content (AvgIpc) is 2.43. The molecule has 0 aromatic heterocycles. The van der Waals surface area contributed by atoms with Gasteiger partial charge in [0.25, 0.3) is 0 Å². The quantitative estimate of drug-likeness (QED) is 0.613.